The van der Waals surface area contributed by atoms with Gasteiger partial charge in [0.2, 0.25) is 0 Å². The van der Waals surface area contributed by atoms with Crippen LogP contribution in [0.2, 0.25) is 0 Å². The Morgan fingerprint density at radius 2 is 1.56 bits per heavy atom. The van der Waals surface area contributed by atoms with Crippen LogP contribution in [-0.4, -0.2) is 24.7 Å². The van der Waals surface area contributed by atoms with Gasteiger partial charge in [-0.3, -0.25) is 9.78 Å². The summed E-state index contributed by atoms with van der Waals surface area (Å²) in [4.78, 5) is 15.8. The molecule has 0 aliphatic heterocycles. The number of halogens is 4. The van der Waals surface area contributed by atoms with Gasteiger partial charge < -0.3 is 14.2 Å². The predicted molar refractivity (Wildman–Crippen MR) is 167 cm³/mol. The van der Waals surface area contributed by atoms with Crippen LogP contribution in [0, 0.1) is 14.3 Å². The third kappa shape index (κ3) is 8.61. The van der Waals surface area contributed by atoms with Gasteiger partial charge in [0.1, 0.15) is 11.5 Å². The van der Waals surface area contributed by atoms with Crippen LogP contribution in [-0.2, 0) is 22.4 Å². The molecule has 34 heavy (non-hydrogen) atoms. The normalized spacial score (nSPS) is 10.7. The monoisotopic (exact) mass is 909 g/mol. The van der Waals surface area contributed by atoms with Crippen molar-refractivity contribution < 1.29 is 19.0 Å². The summed E-state index contributed by atoms with van der Waals surface area (Å²) in [6.07, 6.45) is 8.30. The maximum Gasteiger partial charge on any atom is 0.309 e. The van der Waals surface area contributed by atoms with Crippen molar-refractivity contribution in [1.29, 1.82) is 0 Å². The summed E-state index contributed by atoms with van der Waals surface area (Å²) >= 11 is 9.08. The molecule has 0 amide bonds. The molecule has 0 atom stereocenters. The van der Waals surface area contributed by atoms with Crippen LogP contribution in [0.15, 0.2) is 48.8 Å². The standard InChI is InChI=1S/C25H23I4NO4/c1-32-23(31)12-17-10-19(26)25(20(27)11-17)34-18-13-21(28)24(22(29)14-18)33-9-4-2-3-6-16-7-5-8-30-15-16/h5,7-8,10-11,13-15H,2-4,6,9,12H2,1H3. The molecule has 0 aliphatic rings. The zero-order chi connectivity index (χ0) is 24.5. The molecule has 180 valence electrons. The van der Waals surface area contributed by atoms with Crippen molar-refractivity contribution in [2.75, 3.05) is 13.7 Å². The number of unbranched alkanes of at least 4 members (excludes halogenated alkanes) is 2. The number of nitrogens with zero attached hydrogens (tertiary/aromatic N) is 1. The highest BCUT2D eigenvalue weighted by atomic mass is 127. The van der Waals surface area contributed by atoms with E-state index in [9.17, 15) is 4.79 Å². The van der Waals surface area contributed by atoms with E-state index >= 15 is 0 Å². The quantitative estimate of drug-likeness (QED) is 0.112. The van der Waals surface area contributed by atoms with E-state index in [0.29, 0.717) is 6.61 Å². The number of pyridine rings is 1. The Kier molecular flexibility index (Phi) is 11.9. The van der Waals surface area contributed by atoms with Gasteiger partial charge >= 0.3 is 5.97 Å². The van der Waals surface area contributed by atoms with E-state index in [1.54, 1.807) is 0 Å². The van der Waals surface area contributed by atoms with Crippen LogP contribution in [0.1, 0.15) is 30.4 Å². The van der Waals surface area contributed by atoms with E-state index < -0.39 is 0 Å². The maximum absolute atomic E-state index is 11.6. The number of rotatable bonds is 11. The van der Waals surface area contributed by atoms with Crippen molar-refractivity contribution >= 4 is 96.3 Å². The highest BCUT2D eigenvalue weighted by Gasteiger charge is 2.15. The van der Waals surface area contributed by atoms with Crippen molar-refractivity contribution in [3.63, 3.8) is 0 Å². The lowest BCUT2D eigenvalue weighted by Crippen LogP contribution is -2.05. The minimum Gasteiger partial charge on any atom is -0.491 e. The SMILES string of the molecule is COC(=O)Cc1cc(I)c(Oc2cc(I)c(OCCCCCc3cccnc3)c(I)c2)c(I)c1. The van der Waals surface area contributed by atoms with Gasteiger partial charge in [0, 0.05) is 12.4 Å². The summed E-state index contributed by atoms with van der Waals surface area (Å²) in [5.41, 5.74) is 2.19. The topological polar surface area (TPSA) is 57.7 Å². The van der Waals surface area contributed by atoms with Gasteiger partial charge in [-0.2, -0.15) is 0 Å². The first kappa shape index (κ1) is 28.2. The molecular weight excluding hydrogens is 886 g/mol. The van der Waals surface area contributed by atoms with E-state index in [2.05, 4.69) is 101 Å². The zero-order valence-corrected chi connectivity index (χ0v) is 27.1. The lowest BCUT2D eigenvalue weighted by Gasteiger charge is -2.15. The molecule has 0 saturated carbocycles. The summed E-state index contributed by atoms with van der Waals surface area (Å²) in [5.74, 6) is 2.19. The number of benzene rings is 2. The van der Waals surface area contributed by atoms with Gasteiger partial charge in [-0.1, -0.05) is 6.07 Å². The molecule has 3 rings (SSSR count). The van der Waals surface area contributed by atoms with Crippen LogP contribution >= 0.6 is 90.4 Å². The van der Waals surface area contributed by atoms with Gasteiger partial charge in [-0.25, -0.2) is 0 Å². The largest absolute Gasteiger partial charge is 0.491 e. The highest BCUT2D eigenvalue weighted by molar-refractivity contribution is 14.1. The summed E-state index contributed by atoms with van der Waals surface area (Å²) < 4.78 is 21.0. The molecule has 1 heterocycles. The Balaban J connectivity index is 1.56. The summed E-state index contributed by atoms with van der Waals surface area (Å²) in [6.45, 7) is 0.691. The summed E-state index contributed by atoms with van der Waals surface area (Å²) in [6, 6.07) is 12.0. The fraction of sp³-hybridized carbons (Fsp3) is 0.280. The Bertz CT molecular complexity index is 1080. The fourth-order valence-electron chi connectivity index (χ4n) is 3.23. The number of methoxy groups -OCH3 is 1. The van der Waals surface area contributed by atoms with Crippen molar-refractivity contribution in [3.05, 3.63) is 74.2 Å². The Morgan fingerprint density at radius 3 is 2.18 bits per heavy atom. The second-order valence-electron chi connectivity index (χ2n) is 7.48. The second kappa shape index (κ2) is 14.4. The number of carbonyl (C=O) groups excluding carboxylic acids is 1. The minimum absolute atomic E-state index is 0.244. The molecular formula is C25H23I4NO4. The molecule has 0 radical (unpaired) electrons. The van der Waals surface area contributed by atoms with E-state index in [-0.39, 0.29) is 12.4 Å². The Hall–Kier alpha value is -0.420. The van der Waals surface area contributed by atoms with Crippen LogP contribution in [0.4, 0.5) is 0 Å². The molecule has 5 nitrogen and oxygen atoms in total. The molecule has 0 N–H and O–H groups in total. The second-order valence-corrected chi connectivity index (χ2v) is 12.1. The van der Waals surface area contributed by atoms with Gasteiger partial charge in [0.15, 0.2) is 5.75 Å². The number of carbonyl (C=O) groups is 1. The molecule has 3 aromatic rings. The molecule has 1 aromatic heterocycles. The summed E-state index contributed by atoms with van der Waals surface area (Å²) in [7, 11) is 1.40. The first-order valence-electron chi connectivity index (χ1n) is 10.6. The molecule has 0 spiro atoms. The van der Waals surface area contributed by atoms with Crippen LogP contribution in [0.25, 0.3) is 0 Å². The van der Waals surface area contributed by atoms with E-state index in [1.165, 1.54) is 12.7 Å². The smallest absolute Gasteiger partial charge is 0.309 e. The lowest BCUT2D eigenvalue weighted by molar-refractivity contribution is -0.139. The maximum atomic E-state index is 11.6. The fourth-order valence-corrected chi connectivity index (χ4v) is 7.37. The minimum atomic E-state index is -0.256. The molecule has 0 fully saturated rings. The van der Waals surface area contributed by atoms with Gasteiger partial charge in [0.05, 0.1) is 34.4 Å². The number of ether oxygens (including phenoxy) is 3. The van der Waals surface area contributed by atoms with Gasteiger partial charge in [0.25, 0.3) is 0 Å². The van der Waals surface area contributed by atoms with E-state index in [1.807, 2.05) is 42.7 Å². The number of aromatic nitrogens is 1. The number of esters is 1. The number of aryl methyl sites for hydroxylation is 1. The highest BCUT2D eigenvalue weighted by Crippen LogP contribution is 2.37. The first-order valence-corrected chi connectivity index (χ1v) is 14.9. The van der Waals surface area contributed by atoms with Crippen LogP contribution in [0.5, 0.6) is 17.2 Å². The first-order chi connectivity index (χ1) is 16.4. The Labute approximate surface area is 254 Å². The third-order valence-corrected chi connectivity index (χ3v) is 8.11. The van der Waals surface area contributed by atoms with Gasteiger partial charge in [-0.15, -0.1) is 0 Å². The molecule has 9 heteroatoms. The third-order valence-electron chi connectivity index (χ3n) is 4.90. The van der Waals surface area contributed by atoms with Crippen molar-refractivity contribution in [3.8, 4) is 17.2 Å². The predicted octanol–water partition coefficient (Wildman–Crippen LogP) is 7.80. The zero-order valence-electron chi connectivity index (χ0n) is 18.5. The average molecular weight is 909 g/mol. The van der Waals surface area contributed by atoms with Crippen molar-refractivity contribution in [1.82, 2.24) is 4.98 Å². The van der Waals surface area contributed by atoms with Crippen LogP contribution in [0.3, 0.4) is 0 Å². The summed E-state index contributed by atoms with van der Waals surface area (Å²) in [5, 5.41) is 0. The molecule has 2 aromatic carbocycles. The lowest BCUT2D eigenvalue weighted by atomic mass is 10.1. The van der Waals surface area contributed by atoms with Crippen molar-refractivity contribution in [2.45, 2.75) is 32.1 Å². The molecule has 0 unspecified atom stereocenters. The van der Waals surface area contributed by atoms with E-state index in [4.69, 9.17) is 14.2 Å². The number of hydrogen-bond donors (Lipinski definition) is 0. The van der Waals surface area contributed by atoms with Crippen LogP contribution < -0.4 is 9.47 Å². The average Bonchev–Trinajstić information content (AvgIpc) is 2.80. The van der Waals surface area contributed by atoms with Crippen molar-refractivity contribution in [2.24, 2.45) is 0 Å². The molecule has 0 aliphatic carbocycles. The molecule has 0 saturated heterocycles. The number of hydrogen-bond acceptors (Lipinski definition) is 5. The van der Waals surface area contributed by atoms with E-state index in [0.717, 1.165) is 62.8 Å². The van der Waals surface area contributed by atoms with Gasteiger partial charge in [-0.05, 0) is 158 Å². The Morgan fingerprint density at radius 1 is 0.882 bits per heavy atom. The molecule has 0 bridgehead atoms.